The predicted octanol–water partition coefficient (Wildman–Crippen LogP) is -0.543. The van der Waals surface area contributed by atoms with E-state index >= 15 is 0 Å². The van der Waals surface area contributed by atoms with Crippen LogP contribution in [-0.2, 0) is 4.74 Å². The van der Waals surface area contributed by atoms with Gasteiger partial charge in [-0.05, 0) is 6.92 Å². The Labute approximate surface area is 77.5 Å². The summed E-state index contributed by atoms with van der Waals surface area (Å²) in [6, 6.07) is -0.247. The van der Waals surface area contributed by atoms with Gasteiger partial charge in [-0.1, -0.05) is 0 Å². The number of carbonyl (C=O) groups is 1. The standard InChI is InChI=1S/C8H16N2O3/c1-2-9-7(11)10-5-8(12)3-4-13-6-8/h12H,2-6H2,1H3,(H2,9,10,11). The molecular weight excluding hydrogens is 172 g/mol. The minimum absolute atomic E-state index is 0.247. The van der Waals surface area contributed by atoms with E-state index in [0.717, 1.165) is 0 Å². The lowest BCUT2D eigenvalue weighted by atomic mass is 10.0. The van der Waals surface area contributed by atoms with E-state index in [4.69, 9.17) is 4.74 Å². The summed E-state index contributed by atoms with van der Waals surface area (Å²) in [6.07, 6.45) is 0.583. The average Bonchev–Trinajstić information content (AvgIpc) is 2.51. The number of nitrogens with one attached hydrogen (secondary N) is 2. The highest BCUT2D eigenvalue weighted by molar-refractivity contribution is 5.73. The van der Waals surface area contributed by atoms with Gasteiger partial charge < -0.3 is 20.5 Å². The summed E-state index contributed by atoms with van der Waals surface area (Å²) in [5.41, 5.74) is -0.870. The third-order valence-corrected chi connectivity index (χ3v) is 2.00. The fourth-order valence-corrected chi connectivity index (χ4v) is 1.20. The molecule has 0 aliphatic carbocycles. The Balaban J connectivity index is 2.21. The summed E-state index contributed by atoms with van der Waals surface area (Å²) in [5, 5.41) is 14.9. The van der Waals surface area contributed by atoms with Crippen LogP contribution in [0.25, 0.3) is 0 Å². The van der Waals surface area contributed by atoms with Gasteiger partial charge in [-0.3, -0.25) is 0 Å². The maximum absolute atomic E-state index is 11.0. The van der Waals surface area contributed by atoms with Crippen LogP contribution in [0.4, 0.5) is 4.79 Å². The molecule has 0 aromatic carbocycles. The van der Waals surface area contributed by atoms with E-state index in [-0.39, 0.29) is 12.6 Å². The maximum Gasteiger partial charge on any atom is 0.314 e. The van der Waals surface area contributed by atoms with Crippen molar-refractivity contribution in [3.8, 4) is 0 Å². The van der Waals surface area contributed by atoms with Crippen LogP contribution in [0, 0.1) is 0 Å². The molecule has 0 radical (unpaired) electrons. The zero-order valence-electron chi connectivity index (χ0n) is 7.80. The van der Waals surface area contributed by atoms with Gasteiger partial charge in [-0.25, -0.2) is 4.79 Å². The molecule has 1 fully saturated rings. The van der Waals surface area contributed by atoms with E-state index in [9.17, 15) is 9.90 Å². The van der Waals surface area contributed by atoms with Gasteiger partial charge in [0.05, 0.1) is 13.2 Å². The predicted molar refractivity (Wildman–Crippen MR) is 47.5 cm³/mol. The zero-order chi connectivity index (χ0) is 9.73. The molecule has 3 N–H and O–H groups in total. The van der Waals surface area contributed by atoms with Crippen molar-refractivity contribution < 1.29 is 14.6 Å². The molecule has 1 unspecified atom stereocenters. The minimum Gasteiger partial charge on any atom is -0.386 e. The molecule has 5 heteroatoms. The summed E-state index contributed by atoms with van der Waals surface area (Å²) >= 11 is 0. The Hall–Kier alpha value is -0.810. The maximum atomic E-state index is 11.0. The second-order valence-corrected chi connectivity index (χ2v) is 3.24. The molecule has 0 spiro atoms. The van der Waals surface area contributed by atoms with Crippen molar-refractivity contribution in [2.75, 3.05) is 26.3 Å². The molecule has 1 aliphatic heterocycles. The first-order valence-corrected chi connectivity index (χ1v) is 4.48. The van der Waals surface area contributed by atoms with E-state index in [1.54, 1.807) is 0 Å². The van der Waals surface area contributed by atoms with Gasteiger partial charge in [0.25, 0.3) is 0 Å². The van der Waals surface area contributed by atoms with Crippen molar-refractivity contribution in [3.05, 3.63) is 0 Å². The molecule has 2 amide bonds. The fourth-order valence-electron chi connectivity index (χ4n) is 1.20. The lowest BCUT2D eigenvalue weighted by Gasteiger charge is -2.20. The third kappa shape index (κ3) is 3.20. The zero-order valence-corrected chi connectivity index (χ0v) is 7.80. The van der Waals surface area contributed by atoms with Gasteiger partial charge in [0.2, 0.25) is 0 Å². The SMILES string of the molecule is CCNC(=O)NCC1(O)CCOC1. The number of ether oxygens (including phenoxy) is 1. The normalized spacial score (nSPS) is 27.2. The summed E-state index contributed by atoms with van der Waals surface area (Å²) in [7, 11) is 0. The molecule has 1 heterocycles. The number of urea groups is 1. The quantitative estimate of drug-likeness (QED) is 0.557. The number of aliphatic hydroxyl groups is 1. The second-order valence-electron chi connectivity index (χ2n) is 3.24. The molecule has 0 aromatic heterocycles. The molecule has 0 bridgehead atoms. The van der Waals surface area contributed by atoms with Crippen molar-refractivity contribution in [3.63, 3.8) is 0 Å². The molecular formula is C8H16N2O3. The molecule has 1 rings (SSSR count). The monoisotopic (exact) mass is 188 g/mol. The largest absolute Gasteiger partial charge is 0.386 e. The van der Waals surface area contributed by atoms with E-state index in [0.29, 0.717) is 26.2 Å². The lowest BCUT2D eigenvalue weighted by Crippen LogP contribution is -2.46. The highest BCUT2D eigenvalue weighted by Crippen LogP contribution is 2.16. The lowest BCUT2D eigenvalue weighted by molar-refractivity contribution is 0.0292. The van der Waals surface area contributed by atoms with Crippen LogP contribution in [0.2, 0.25) is 0 Å². The van der Waals surface area contributed by atoms with Crippen molar-refractivity contribution >= 4 is 6.03 Å². The van der Waals surface area contributed by atoms with Crippen molar-refractivity contribution in [2.45, 2.75) is 18.9 Å². The Morgan fingerprint density at radius 2 is 2.38 bits per heavy atom. The molecule has 0 aromatic rings. The average molecular weight is 188 g/mol. The van der Waals surface area contributed by atoms with E-state index in [2.05, 4.69) is 10.6 Å². The van der Waals surface area contributed by atoms with Gasteiger partial charge in [0, 0.05) is 19.6 Å². The number of rotatable bonds is 3. The summed E-state index contributed by atoms with van der Waals surface area (Å²) in [4.78, 5) is 11.0. The van der Waals surface area contributed by atoms with Crippen LogP contribution in [-0.4, -0.2) is 43.0 Å². The fraction of sp³-hybridized carbons (Fsp3) is 0.875. The Bertz CT molecular complexity index is 178. The van der Waals surface area contributed by atoms with Crippen molar-refractivity contribution in [1.82, 2.24) is 10.6 Å². The molecule has 1 saturated heterocycles. The third-order valence-electron chi connectivity index (χ3n) is 2.00. The van der Waals surface area contributed by atoms with Crippen LogP contribution in [0.3, 0.4) is 0 Å². The van der Waals surface area contributed by atoms with Crippen LogP contribution in [0.5, 0.6) is 0 Å². The molecule has 76 valence electrons. The number of carbonyl (C=O) groups excluding carboxylic acids is 1. The van der Waals surface area contributed by atoms with Crippen LogP contribution in [0.15, 0.2) is 0 Å². The van der Waals surface area contributed by atoms with Crippen LogP contribution >= 0.6 is 0 Å². The second kappa shape index (κ2) is 4.43. The summed E-state index contributed by atoms with van der Waals surface area (Å²) < 4.78 is 5.03. The number of amides is 2. The van der Waals surface area contributed by atoms with Crippen molar-refractivity contribution in [2.24, 2.45) is 0 Å². The molecule has 1 aliphatic rings. The van der Waals surface area contributed by atoms with Gasteiger partial charge in [-0.2, -0.15) is 0 Å². The molecule has 1 atom stereocenters. The first-order valence-electron chi connectivity index (χ1n) is 4.48. The van der Waals surface area contributed by atoms with Gasteiger partial charge in [-0.15, -0.1) is 0 Å². The molecule has 0 saturated carbocycles. The van der Waals surface area contributed by atoms with Gasteiger partial charge in [0.15, 0.2) is 0 Å². The minimum atomic E-state index is -0.870. The van der Waals surface area contributed by atoms with E-state index in [1.807, 2.05) is 6.92 Å². The first-order chi connectivity index (χ1) is 6.16. The van der Waals surface area contributed by atoms with Gasteiger partial charge >= 0.3 is 6.03 Å². The van der Waals surface area contributed by atoms with Crippen molar-refractivity contribution in [1.29, 1.82) is 0 Å². The molecule has 13 heavy (non-hydrogen) atoms. The number of hydrogen-bond donors (Lipinski definition) is 3. The first kappa shape index (κ1) is 10.3. The van der Waals surface area contributed by atoms with Crippen LogP contribution in [0.1, 0.15) is 13.3 Å². The van der Waals surface area contributed by atoms with Gasteiger partial charge in [0.1, 0.15) is 5.60 Å². The highest BCUT2D eigenvalue weighted by atomic mass is 16.5. The topological polar surface area (TPSA) is 70.6 Å². The van der Waals surface area contributed by atoms with Crippen LogP contribution < -0.4 is 10.6 Å². The van der Waals surface area contributed by atoms with E-state index in [1.165, 1.54) is 0 Å². The summed E-state index contributed by atoms with van der Waals surface area (Å²) in [6.45, 7) is 3.54. The highest BCUT2D eigenvalue weighted by Gasteiger charge is 2.32. The van der Waals surface area contributed by atoms with E-state index < -0.39 is 5.60 Å². The smallest absolute Gasteiger partial charge is 0.314 e. The Kier molecular flexibility index (Phi) is 3.50. The molecule has 5 nitrogen and oxygen atoms in total. The summed E-state index contributed by atoms with van der Waals surface area (Å²) in [5.74, 6) is 0. The Morgan fingerprint density at radius 3 is 2.92 bits per heavy atom. The Morgan fingerprint density at radius 1 is 1.62 bits per heavy atom. The number of hydrogen-bond acceptors (Lipinski definition) is 3.